The van der Waals surface area contributed by atoms with Crippen LogP contribution in [0.4, 0.5) is 0 Å². The molecular weight excluding hydrogens is 318 g/mol. The number of hydrogen-bond acceptors (Lipinski definition) is 5. The van der Waals surface area contributed by atoms with E-state index in [0.717, 1.165) is 36.5 Å². The van der Waals surface area contributed by atoms with E-state index in [9.17, 15) is 4.79 Å². The number of carbonyl (C=O) groups is 1. The number of nitrogens with one attached hydrogen (secondary N) is 1. The third-order valence-electron chi connectivity index (χ3n) is 4.19. The lowest BCUT2D eigenvalue weighted by molar-refractivity contribution is 0.0779. The van der Waals surface area contributed by atoms with E-state index in [1.807, 2.05) is 24.3 Å². The fourth-order valence-corrected chi connectivity index (χ4v) is 2.89. The van der Waals surface area contributed by atoms with Gasteiger partial charge in [-0.1, -0.05) is 12.1 Å². The van der Waals surface area contributed by atoms with Crippen LogP contribution < -0.4 is 5.32 Å². The van der Waals surface area contributed by atoms with E-state index in [1.165, 1.54) is 0 Å². The predicted octanol–water partition coefficient (Wildman–Crippen LogP) is 2.45. The van der Waals surface area contributed by atoms with E-state index in [1.54, 1.807) is 19.4 Å². The maximum atomic E-state index is 12.3. The summed E-state index contributed by atoms with van der Waals surface area (Å²) in [5, 5.41) is 2.91. The standard InChI is InChI=1S/C19H23N3O3/c1-24-12-14-4-2-5-15(10-14)19(23)21-11-17-7-8-20-18(22-17)16-6-3-9-25-13-16/h2,4-5,7-8,10,16H,3,6,9,11-13H2,1H3,(H,21,23)/t16-/m0/s1. The van der Waals surface area contributed by atoms with Gasteiger partial charge in [0.1, 0.15) is 5.82 Å². The van der Waals surface area contributed by atoms with Crippen molar-refractivity contribution in [3.05, 3.63) is 59.2 Å². The molecule has 1 aromatic carbocycles. The van der Waals surface area contributed by atoms with Gasteiger partial charge in [0.25, 0.3) is 5.91 Å². The van der Waals surface area contributed by atoms with Crippen molar-refractivity contribution in [3.8, 4) is 0 Å². The molecule has 1 saturated heterocycles. The van der Waals surface area contributed by atoms with Crippen LogP contribution in [0.15, 0.2) is 36.5 Å². The summed E-state index contributed by atoms with van der Waals surface area (Å²) in [6, 6.07) is 9.25. The highest BCUT2D eigenvalue weighted by Crippen LogP contribution is 2.22. The van der Waals surface area contributed by atoms with Gasteiger partial charge in [0.15, 0.2) is 0 Å². The number of rotatable bonds is 6. The number of amides is 1. The molecule has 1 aliphatic rings. The van der Waals surface area contributed by atoms with Gasteiger partial charge in [0, 0.05) is 31.4 Å². The highest BCUT2D eigenvalue weighted by molar-refractivity contribution is 5.94. The lowest BCUT2D eigenvalue weighted by atomic mass is 10.0. The van der Waals surface area contributed by atoms with Gasteiger partial charge in [-0.05, 0) is 36.6 Å². The van der Waals surface area contributed by atoms with Gasteiger partial charge in [-0.25, -0.2) is 9.97 Å². The zero-order valence-electron chi connectivity index (χ0n) is 14.4. The van der Waals surface area contributed by atoms with Crippen LogP contribution >= 0.6 is 0 Å². The Bertz CT molecular complexity index is 715. The predicted molar refractivity (Wildman–Crippen MR) is 93.2 cm³/mol. The number of carbonyl (C=O) groups excluding carboxylic acids is 1. The quantitative estimate of drug-likeness (QED) is 0.874. The van der Waals surface area contributed by atoms with E-state index in [-0.39, 0.29) is 11.8 Å². The molecule has 1 atom stereocenters. The van der Waals surface area contributed by atoms with Crippen molar-refractivity contribution in [2.24, 2.45) is 0 Å². The van der Waals surface area contributed by atoms with Crippen molar-refractivity contribution < 1.29 is 14.3 Å². The number of nitrogens with zero attached hydrogens (tertiary/aromatic N) is 2. The summed E-state index contributed by atoms with van der Waals surface area (Å²) in [6.07, 6.45) is 3.83. The van der Waals surface area contributed by atoms with Crippen LogP contribution in [0.1, 0.15) is 46.2 Å². The van der Waals surface area contributed by atoms with Crippen molar-refractivity contribution in [3.63, 3.8) is 0 Å². The summed E-state index contributed by atoms with van der Waals surface area (Å²) < 4.78 is 10.6. The normalized spacial score (nSPS) is 17.2. The first-order valence-electron chi connectivity index (χ1n) is 8.52. The fourth-order valence-electron chi connectivity index (χ4n) is 2.89. The monoisotopic (exact) mass is 341 g/mol. The second kappa shape index (κ2) is 8.69. The van der Waals surface area contributed by atoms with E-state index in [2.05, 4.69) is 15.3 Å². The van der Waals surface area contributed by atoms with Crippen LogP contribution in [0, 0.1) is 0 Å². The summed E-state index contributed by atoms with van der Waals surface area (Å²) in [7, 11) is 1.64. The van der Waals surface area contributed by atoms with Crippen LogP contribution in [0.3, 0.4) is 0 Å². The molecule has 1 N–H and O–H groups in total. The first-order valence-corrected chi connectivity index (χ1v) is 8.52. The molecule has 0 aliphatic carbocycles. The van der Waals surface area contributed by atoms with Crippen molar-refractivity contribution in [2.45, 2.75) is 31.9 Å². The largest absolute Gasteiger partial charge is 0.381 e. The third kappa shape index (κ3) is 4.84. The number of aromatic nitrogens is 2. The number of methoxy groups -OCH3 is 1. The van der Waals surface area contributed by atoms with E-state index in [4.69, 9.17) is 9.47 Å². The van der Waals surface area contributed by atoms with Gasteiger partial charge >= 0.3 is 0 Å². The number of ether oxygens (including phenoxy) is 2. The Morgan fingerprint density at radius 3 is 3.12 bits per heavy atom. The Balaban J connectivity index is 1.61. The van der Waals surface area contributed by atoms with Crippen LogP contribution in [0.25, 0.3) is 0 Å². The van der Waals surface area contributed by atoms with Crippen LogP contribution in [0.5, 0.6) is 0 Å². The molecule has 3 rings (SSSR count). The Morgan fingerprint density at radius 2 is 2.32 bits per heavy atom. The molecule has 1 fully saturated rings. The first-order chi connectivity index (χ1) is 12.3. The average Bonchev–Trinajstić information content (AvgIpc) is 2.67. The zero-order valence-corrected chi connectivity index (χ0v) is 14.4. The van der Waals surface area contributed by atoms with Crippen LogP contribution in [-0.2, 0) is 22.6 Å². The molecule has 0 bridgehead atoms. The molecule has 0 spiro atoms. The van der Waals surface area contributed by atoms with Crippen LogP contribution in [-0.4, -0.2) is 36.2 Å². The molecule has 1 aromatic heterocycles. The van der Waals surface area contributed by atoms with E-state index in [0.29, 0.717) is 25.3 Å². The second-order valence-electron chi connectivity index (χ2n) is 6.14. The van der Waals surface area contributed by atoms with Gasteiger partial charge < -0.3 is 14.8 Å². The van der Waals surface area contributed by atoms with Crippen molar-refractivity contribution >= 4 is 5.91 Å². The van der Waals surface area contributed by atoms with E-state index < -0.39 is 0 Å². The van der Waals surface area contributed by atoms with E-state index >= 15 is 0 Å². The molecular formula is C19H23N3O3. The Morgan fingerprint density at radius 1 is 1.40 bits per heavy atom. The second-order valence-corrected chi connectivity index (χ2v) is 6.14. The maximum absolute atomic E-state index is 12.3. The number of benzene rings is 1. The molecule has 6 nitrogen and oxygen atoms in total. The molecule has 0 radical (unpaired) electrons. The summed E-state index contributed by atoms with van der Waals surface area (Å²) >= 11 is 0. The van der Waals surface area contributed by atoms with Gasteiger partial charge in [-0.3, -0.25) is 4.79 Å². The lowest BCUT2D eigenvalue weighted by Crippen LogP contribution is -2.24. The molecule has 132 valence electrons. The average molecular weight is 341 g/mol. The van der Waals surface area contributed by atoms with Gasteiger partial charge in [-0.2, -0.15) is 0 Å². The van der Waals surface area contributed by atoms with Crippen molar-refractivity contribution in [2.75, 3.05) is 20.3 Å². The van der Waals surface area contributed by atoms with Gasteiger partial charge in [0.2, 0.25) is 0 Å². The fraction of sp³-hybridized carbons (Fsp3) is 0.421. The summed E-state index contributed by atoms with van der Waals surface area (Å²) in [6.45, 7) is 2.34. The number of hydrogen-bond donors (Lipinski definition) is 1. The minimum atomic E-state index is -0.126. The van der Waals surface area contributed by atoms with Crippen molar-refractivity contribution in [1.29, 1.82) is 0 Å². The smallest absolute Gasteiger partial charge is 0.251 e. The molecule has 0 saturated carbocycles. The summed E-state index contributed by atoms with van der Waals surface area (Å²) in [5.41, 5.74) is 2.39. The maximum Gasteiger partial charge on any atom is 0.251 e. The minimum absolute atomic E-state index is 0.126. The van der Waals surface area contributed by atoms with Crippen molar-refractivity contribution in [1.82, 2.24) is 15.3 Å². The van der Waals surface area contributed by atoms with Gasteiger partial charge in [-0.15, -0.1) is 0 Å². The topological polar surface area (TPSA) is 73.3 Å². The van der Waals surface area contributed by atoms with Crippen LogP contribution in [0.2, 0.25) is 0 Å². The zero-order chi connectivity index (χ0) is 17.5. The highest BCUT2D eigenvalue weighted by Gasteiger charge is 2.19. The molecule has 0 unspecified atom stereocenters. The molecule has 2 aromatic rings. The molecule has 1 aliphatic heterocycles. The summed E-state index contributed by atoms with van der Waals surface area (Å²) in [4.78, 5) is 21.3. The summed E-state index contributed by atoms with van der Waals surface area (Å²) in [5.74, 6) is 0.919. The molecule has 1 amide bonds. The first kappa shape index (κ1) is 17.5. The Hall–Kier alpha value is -2.31. The van der Waals surface area contributed by atoms with Gasteiger partial charge in [0.05, 0.1) is 25.5 Å². The Labute approximate surface area is 147 Å². The lowest BCUT2D eigenvalue weighted by Gasteiger charge is -2.20. The highest BCUT2D eigenvalue weighted by atomic mass is 16.5. The SMILES string of the molecule is COCc1cccc(C(=O)NCc2ccnc([C@H]3CCCOC3)n2)c1. The molecule has 2 heterocycles. The molecule has 6 heteroatoms. The molecule has 25 heavy (non-hydrogen) atoms. The minimum Gasteiger partial charge on any atom is -0.381 e. The third-order valence-corrected chi connectivity index (χ3v) is 4.19. The Kier molecular flexibility index (Phi) is 6.09.